The number of aliphatic carboxylic acids is 1. The van der Waals surface area contributed by atoms with Crippen molar-refractivity contribution in [2.75, 3.05) is 20.2 Å². The van der Waals surface area contributed by atoms with Crippen molar-refractivity contribution in [2.24, 2.45) is 5.92 Å². The van der Waals surface area contributed by atoms with Crippen molar-refractivity contribution in [3.8, 4) is 5.75 Å². The van der Waals surface area contributed by atoms with Crippen LogP contribution in [0.5, 0.6) is 5.75 Å². The van der Waals surface area contributed by atoms with Crippen LogP contribution >= 0.6 is 11.3 Å². The average molecular weight is 381 g/mol. The highest BCUT2D eigenvalue weighted by Gasteiger charge is 2.31. The highest BCUT2D eigenvalue weighted by atomic mass is 32.1. The predicted molar refractivity (Wildman–Crippen MR) is 109 cm³/mol. The summed E-state index contributed by atoms with van der Waals surface area (Å²) in [6.45, 7) is 1.56. The number of carboxylic acids is 1. The fraction of sp³-hybridized carbons (Fsp3) is 0.318. The summed E-state index contributed by atoms with van der Waals surface area (Å²) in [4.78, 5) is 13.8. The molecule has 1 N–H and O–H groups in total. The van der Waals surface area contributed by atoms with Gasteiger partial charge < -0.3 is 9.84 Å². The lowest BCUT2D eigenvalue weighted by molar-refractivity contribution is -0.143. The number of hydrogen-bond donors (Lipinski definition) is 1. The van der Waals surface area contributed by atoms with Crippen LogP contribution in [0.4, 0.5) is 0 Å². The molecule has 1 saturated heterocycles. The summed E-state index contributed by atoms with van der Waals surface area (Å²) < 4.78 is 6.73. The molecule has 5 heteroatoms. The quantitative estimate of drug-likeness (QED) is 0.690. The van der Waals surface area contributed by atoms with Gasteiger partial charge in [0.15, 0.2) is 0 Å². The van der Waals surface area contributed by atoms with Gasteiger partial charge in [-0.2, -0.15) is 0 Å². The number of methoxy groups -OCH3 is 1. The van der Waals surface area contributed by atoms with Crippen molar-refractivity contribution in [3.05, 3.63) is 65.0 Å². The molecular weight excluding hydrogens is 358 g/mol. The monoisotopic (exact) mass is 381 g/mol. The molecule has 0 radical (unpaired) electrons. The minimum absolute atomic E-state index is 0.103. The number of carbonyl (C=O) groups is 1. The van der Waals surface area contributed by atoms with Gasteiger partial charge in [0.2, 0.25) is 0 Å². The second kappa shape index (κ2) is 7.71. The van der Waals surface area contributed by atoms with E-state index >= 15 is 0 Å². The summed E-state index contributed by atoms with van der Waals surface area (Å²) >= 11 is 1.76. The lowest BCUT2D eigenvalue weighted by Crippen LogP contribution is -2.39. The number of thiophene rings is 1. The maximum atomic E-state index is 11.4. The highest BCUT2D eigenvalue weighted by Crippen LogP contribution is 2.39. The Hall–Kier alpha value is -2.37. The molecule has 0 amide bonds. The summed E-state index contributed by atoms with van der Waals surface area (Å²) in [6, 6.07) is 16.8. The molecule has 1 atom stereocenters. The number of nitrogens with zero attached hydrogens (tertiary/aromatic N) is 1. The van der Waals surface area contributed by atoms with E-state index < -0.39 is 5.97 Å². The van der Waals surface area contributed by atoms with E-state index in [0.717, 1.165) is 18.8 Å². The zero-order chi connectivity index (χ0) is 18.8. The zero-order valence-electron chi connectivity index (χ0n) is 15.3. The van der Waals surface area contributed by atoms with Gasteiger partial charge in [-0.1, -0.05) is 30.3 Å². The third-order valence-electron chi connectivity index (χ3n) is 5.46. The molecule has 0 aliphatic carbocycles. The zero-order valence-corrected chi connectivity index (χ0v) is 16.1. The largest absolute Gasteiger partial charge is 0.497 e. The number of ether oxygens (including phenoxy) is 1. The van der Waals surface area contributed by atoms with Crippen molar-refractivity contribution >= 4 is 27.4 Å². The lowest BCUT2D eigenvalue weighted by Gasteiger charge is -2.37. The molecule has 0 saturated carbocycles. The molecule has 1 fully saturated rings. The summed E-state index contributed by atoms with van der Waals surface area (Å²) in [7, 11) is 1.69. The summed E-state index contributed by atoms with van der Waals surface area (Å²) in [5.74, 6) is -0.0579. The van der Waals surface area contributed by atoms with Crippen LogP contribution in [0, 0.1) is 5.92 Å². The second-order valence-electron chi connectivity index (χ2n) is 7.01. The Labute approximate surface area is 163 Å². The lowest BCUT2D eigenvalue weighted by atomic mass is 9.91. The Morgan fingerprint density at radius 3 is 2.70 bits per heavy atom. The van der Waals surface area contributed by atoms with E-state index in [4.69, 9.17) is 4.74 Å². The minimum Gasteiger partial charge on any atom is -0.497 e. The first-order chi connectivity index (χ1) is 13.2. The minimum atomic E-state index is -0.673. The molecule has 1 aliphatic heterocycles. The number of fused-ring (bicyclic) bond motifs is 1. The second-order valence-corrected chi connectivity index (χ2v) is 7.93. The molecule has 0 bridgehead atoms. The van der Waals surface area contributed by atoms with E-state index in [1.165, 1.54) is 21.2 Å². The van der Waals surface area contributed by atoms with E-state index in [-0.39, 0.29) is 12.0 Å². The fourth-order valence-electron chi connectivity index (χ4n) is 4.01. The molecule has 2 heterocycles. The molecule has 1 aliphatic rings. The van der Waals surface area contributed by atoms with E-state index in [0.29, 0.717) is 12.8 Å². The molecular formula is C22H23NO3S. The SMILES string of the molecule is COc1cccc(C(c2csc3ccccc23)N2CCC(C(=O)O)CC2)c1. The molecule has 3 aromatic rings. The van der Waals surface area contributed by atoms with Gasteiger partial charge in [-0.15, -0.1) is 11.3 Å². The number of hydrogen-bond acceptors (Lipinski definition) is 4. The van der Waals surface area contributed by atoms with Crippen LogP contribution < -0.4 is 4.74 Å². The van der Waals surface area contributed by atoms with Crippen molar-refractivity contribution in [1.82, 2.24) is 4.90 Å². The van der Waals surface area contributed by atoms with Crippen molar-refractivity contribution in [2.45, 2.75) is 18.9 Å². The van der Waals surface area contributed by atoms with E-state index in [9.17, 15) is 9.90 Å². The molecule has 4 rings (SSSR count). The van der Waals surface area contributed by atoms with Gasteiger partial charge in [0, 0.05) is 4.70 Å². The summed E-state index contributed by atoms with van der Waals surface area (Å²) in [6.07, 6.45) is 1.38. The molecule has 27 heavy (non-hydrogen) atoms. The van der Waals surface area contributed by atoms with Gasteiger partial charge in [-0.25, -0.2) is 0 Å². The summed E-state index contributed by atoms with van der Waals surface area (Å²) in [5.41, 5.74) is 2.48. The van der Waals surface area contributed by atoms with Gasteiger partial charge in [0.05, 0.1) is 19.1 Å². The van der Waals surface area contributed by atoms with Crippen molar-refractivity contribution in [1.29, 1.82) is 0 Å². The van der Waals surface area contributed by atoms with Crippen LogP contribution in [0.2, 0.25) is 0 Å². The molecule has 1 unspecified atom stereocenters. The first-order valence-electron chi connectivity index (χ1n) is 9.24. The van der Waals surface area contributed by atoms with Crippen molar-refractivity contribution in [3.63, 3.8) is 0 Å². The first-order valence-corrected chi connectivity index (χ1v) is 10.1. The topological polar surface area (TPSA) is 49.8 Å². The van der Waals surface area contributed by atoms with Crippen LogP contribution in [0.1, 0.15) is 30.0 Å². The first kappa shape index (κ1) is 18.0. The smallest absolute Gasteiger partial charge is 0.306 e. The van der Waals surface area contributed by atoms with Gasteiger partial charge >= 0.3 is 5.97 Å². The van der Waals surface area contributed by atoms with Gasteiger partial charge in [-0.3, -0.25) is 9.69 Å². The van der Waals surface area contributed by atoms with Gasteiger partial charge in [0.1, 0.15) is 5.75 Å². The standard InChI is InChI=1S/C22H23NO3S/c1-26-17-6-4-5-16(13-17)21(23-11-9-15(10-12-23)22(24)25)19-14-27-20-8-3-2-7-18(19)20/h2-8,13-15,21H,9-12H2,1H3,(H,24,25). The Balaban J connectivity index is 1.75. The Morgan fingerprint density at radius 1 is 1.19 bits per heavy atom. The molecule has 140 valence electrons. The Kier molecular flexibility index (Phi) is 5.14. The molecule has 2 aromatic carbocycles. The molecule has 1 aromatic heterocycles. The number of benzene rings is 2. The number of likely N-dealkylation sites (tertiary alicyclic amines) is 1. The van der Waals surface area contributed by atoms with Crippen LogP contribution in [0.3, 0.4) is 0 Å². The maximum Gasteiger partial charge on any atom is 0.306 e. The van der Waals surface area contributed by atoms with Crippen molar-refractivity contribution < 1.29 is 14.6 Å². The average Bonchev–Trinajstić information content (AvgIpc) is 3.13. The molecule has 0 spiro atoms. The number of rotatable bonds is 5. The van der Waals surface area contributed by atoms with Crippen LogP contribution in [0.15, 0.2) is 53.9 Å². The third-order valence-corrected chi connectivity index (χ3v) is 6.44. The third kappa shape index (κ3) is 3.57. The van der Waals surface area contributed by atoms with Gasteiger partial charge in [-0.05, 0) is 66.0 Å². The number of carboxylic acid groups (broad SMARTS) is 1. The maximum absolute atomic E-state index is 11.4. The fourth-order valence-corrected chi connectivity index (χ4v) is 4.99. The Morgan fingerprint density at radius 2 is 1.96 bits per heavy atom. The predicted octanol–water partition coefficient (Wildman–Crippen LogP) is 4.80. The van der Waals surface area contributed by atoms with Crippen LogP contribution in [0.25, 0.3) is 10.1 Å². The van der Waals surface area contributed by atoms with E-state index in [2.05, 4.69) is 46.7 Å². The van der Waals surface area contributed by atoms with Gasteiger partial charge in [0.25, 0.3) is 0 Å². The van der Waals surface area contributed by atoms with Crippen LogP contribution in [-0.2, 0) is 4.79 Å². The molecule has 4 nitrogen and oxygen atoms in total. The van der Waals surface area contributed by atoms with Crippen LogP contribution in [-0.4, -0.2) is 36.2 Å². The highest BCUT2D eigenvalue weighted by molar-refractivity contribution is 7.17. The summed E-state index contributed by atoms with van der Waals surface area (Å²) in [5, 5.41) is 12.9. The van der Waals surface area contributed by atoms with E-state index in [1.54, 1.807) is 18.4 Å². The Bertz CT molecular complexity index is 943. The number of piperidine rings is 1. The normalized spacial score (nSPS) is 17.1. The van der Waals surface area contributed by atoms with E-state index in [1.807, 2.05) is 12.1 Å².